The highest BCUT2D eigenvalue weighted by Gasteiger charge is 2.71. The molecule has 0 saturated heterocycles. The molecule has 0 bridgehead atoms. The minimum absolute atomic E-state index is 0.0670. The van der Waals surface area contributed by atoms with Crippen molar-refractivity contribution in [1.29, 1.82) is 0 Å². The Bertz CT molecular complexity index is 1500. The third kappa shape index (κ3) is 5.86. The van der Waals surface area contributed by atoms with Crippen molar-refractivity contribution in [2.24, 2.45) is 0 Å². The molecule has 3 aromatic rings. The maximum Gasteiger partial charge on any atom is 0.430 e. The van der Waals surface area contributed by atoms with Crippen molar-refractivity contribution in [3.8, 4) is 0 Å². The van der Waals surface area contributed by atoms with Crippen molar-refractivity contribution >= 4 is 21.6 Å². The summed E-state index contributed by atoms with van der Waals surface area (Å²) in [5, 5.41) is 12.5. The zero-order valence-corrected chi connectivity index (χ0v) is 21.7. The molecule has 2 N–H and O–H groups in total. The monoisotopic (exact) mass is 605 g/mol. The number of hydrogen-bond acceptors (Lipinski definition) is 5. The van der Waals surface area contributed by atoms with Gasteiger partial charge >= 0.3 is 12.4 Å². The van der Waals surface area contributed by atoms with Crippen LogP contribution in [0, 0.1) is 5.82 Å². The SMILES string of the molecule is O=C(CC1CCc2cc(C(O)(C(F)(F)F)C(F)(F)F)ccc2N1S(=O)(=O)c1ccc(F)cc1)NCc1cccnc1. The maximum atomic E-state index is 13.7. The summed E-state index contributed by atoms with van der Waals surface area (Å²) in [4.78, 5) is 16.3. The normalized spacial score (nSPS) is 16.3. The predicted octanol–water partition coefficient (Wildman–Crippen LogP) is 4.75. The number of aryl methyl sites for hydroxylation is 1. The molecular formula is C26H22F7N3O4S. The lowest BCUT2D eigenvalue weighted by Gasteiger charge is -2.39. The van der Waals surface area contributed by atoms with Crippen LogP contribution in [0.5, 0.6) is 0 Å². The van der Waals surface area contributed by atoms with Crippen LogP contribution >= 0.6 is 0 Å². The number of amides is 1. The molecule has 1 unspecified atom stereocenters. The Kier molecular flexibility index (Phi) is 8.06. The number of aromatic nitrogens is 1. The maximum absolute atomic E-state index is 13.7. The van der Waals surface area contributed by atoms with Crippen molar-refractivity contribution < 1.29 is 49.1 Å². The van der Waals surface area contributed by atoms with Crippen LogP contribution in [-0.4, -0.2) is 42.8 Å². The fourth-order valence-corrected chi connectivity index (χ4v) is 6.29. The van der Waals surface area contributed by atoms with Crippen molar-refractivity contribution in [2.75, 3.05) is 4.31 Å². The third-order valence-corrected chi connectivity index (χ3v) is 8.52. The lowest BCUT2D eigenvalue weighted by atomic mass is 9.87. The van der Waals surface area contributed by atoms with E-state index in [-0.39, 0.29) is 30.6 Å². The number of aliphatic hydroxyl groups is 1. The van der Waals surface area contributed by atoms with Gasteiger partial charge in [0.1, 0.15) is 5.82 Å². The molecule has 0 fully saturated rings. The van der Waals surface area contributed by atoms with Crippen molar-refractivity contribution in [3.05, 3.63) is 89.5 Å². The fraction of sp³-hybridized carbons (Fsp3) is 0.308. The highest BCUT2D eigenvalue weighted by molar-refractivity contribution is 7.92. The highest BCUT2D eigenvalue weighted by atomic mass is 32.2. The summed E-state index contributed by atoms with van der Waals surface area (Å²) in [5.74, 6) is -1.33. The molecule has 0 saturated carbocycles. The van der Waals surface area contributed by atoms with Gasteiger partial charge in [-0.05, 0) is 60.4 Å². The van der Waals surface area contributed by atoms with Gasteiger partial charge in [-0.1, -0.05) is 18.2 Å². The first-order chi connectivity index (χ1) is 19.1. The number of pyridine rings is 1. The Labute approximate surface area is 229 Å². The van der Waals surface area contributed by atoms with Gasteiger partial charge in [-0.3, -0.25) is 14.1 Å². The van der Waals surface area contributed by atoms with Crippen LogP contribution in [-0.2, 0) is 33.4 Å². The number of sulfonamides is 1. The molecule has 1 aromatic heterocycles. The van der Waals surface area contributed by atoms with E-state index in [0.717, 1.165) is 34.6 Å². The van der Waals surface area contributed by atoms with E-state index in [2.05, 4.69) is 10.3 Å². The number of alkyl halides is 6. The second-order valence-corrected chi connectivity index (χ2v) is 11.2. The van der Waals surface area contributed by atoms with Crippen molar-refractivity contribution in [1.82, 2.24) is 10.3 Å². The lowest BCUT2D eigenvalue weighted by Crippen LogP contribution is -2.54. The first-order valence-electron chi connectivity index (χ1n) is 12.0. The molecule has 7 nitrogen and oxygen atoms in total. The van der Waals surface area contributed by atoms with Crippen LogP contribution in [0.25, 0.3) is 0 Å². The molecule has 1 atom stereocenters. The van der Waals surface area contributed by atoms with Crippen LogP contribution in [0.4, 0.5) is 36.4 Å². The van der Waals surface area contributed by atoms with Gasteiger partial charge in [0.2, 0.25) is 5.91 Å². The number of fused-ring (bicyclic) bond motifs is 1. The molecule has 1 aliphatic rings. The van der Waals surface area contributed by atoms with E-state index in [1.54, 1.807) is 12.1 Å². The number of benzene rings is 2. The number of carbonyl (C=O) groups excluding carboxylic acids is 1. The van der Waals surface area contributed by atoms with E-state index in [1.165, 1.54) is 12.4 Å². The molecule has 0 radical (unpaired) electrons. The summed E-state index contributed by atoms with van der Waals surface area (Å²) in [7, 11) is -4.59. The Morgan fingerprint density at radius 1 is 1.02 bits per heavy atom. The van der Waals surface area contributed by atoms with Gasteiger partial charge in [-0.25, -0.2) is 12.8 Å². The Balaban J connectivity index is 1.74. The van der Waals surface area contributed by atoms with E-state index < -0.39 is 62.6 Å². The number of rotatable bonds is 7. The van der Waals surface area contributed by atoms with Crippen molar-refractivity contribution in [3.63, 3.8) is 0 Å². The van der Waals surface area contributed by atoms with Crippen LogP contribution in [0.15, 0.2) is 71.9 Å². The largest absolute Gasteiger partial charge is 0.430 e. The van der Waals surface area contributed by atoms with Gasteiger partial charge in [0.15, 0.2) is 0 Å². The first kappa shape index (κ1) is 30.2. The molecule has 220 valence electrons. The molecule has 1 aliphatic heterocycles. The zero-order valence-electron chi connectivity index (χ0n) is 20.9. The Morgan fingerprint density at radius 2 is 1.68 bits per heavy atom. The molecule has 1 amide bonds. The van der Waals surface area contributed by atoms with E-state index in [0.29, 0.717) is 17.7 Å². The number of anilines is 1. The smallest absolute Gasteiger partial charge is 0.369 e. The summed E-state index contributed by atoms with van der Waals surface area (Å²) in [6.07, 6.45) is -10.0. The Morgan fingerprint density at radius 3 is 2.27 bits per heavy atom. The Hall–Kier alpha value is -3.72. The van der Waals surface area contributed by atoms with Gasteiger partial charge in [0, 0.05) is 30.9 Å². The molecule has 0 aliphatic carbocycles. The predicted molar refractivity (Wildman–Crippen MR) is 131 cm³/mol. The summed E-state index contributed by atoms with van der Waals surface area (Å²) in [5.41, 5.74) is -6.60. The average molecular weight is 606 g/mol. The van der Waals surface area contributed by atoms with Gasteiger partial charge < -0.3 is 10.4 Å². The molecule has 2 heterocycles. The molecule has 2 aromatic carbocycles. The van der Waals surface area contributed by atoms with Crippen LogP contribution in [0.2, 0.25) is 0 Å². The number of nitrogens with zero attached hydrogens (tertiary/aromatic N) is 2. The van der Waals surface area contributed by atoms with E-state index in [4.69, 9.17) is 0 Å². The topological polar surface area (TPSA) is 99.6 Å². The second kappa shape index (κ2) is 10.9. The quantitative estimate of drug-likeness (QED) is 0.379. The standard InChI is InChI=1S/C26H22F7N3O4S/c27-19-5-8-21(9-6-19)41(39,40)36-20(13-23(37)35-15-16-2-1-11-34-14-16)7-3-17-12-18(4-10-22(17)36)24(38,25(28,29)30)26(31,32)33/h1-2,4-6,8-12,14,20,38H,3,7,13,15H2,(H,35,37). The fourth-order valence-electron chi connectivity index (χ4n) is 4.57. The number of nitrogens with one attached hydrogen (secondary N) is 1. The summed E-state index contributed by atoms with van der Waals surface area (Å²) >= 11 is 0. The lowest BCUT2D eigenvalue weighted by molar-refractivity contribution is -0.376. The average Bonchev–Trinajstić information content (AvgIpc) is 2.90. The number of hydrogen-bond donors (Lipinski definition) is 2. The summed E-state index contributed by atoms with van der Waals surface area (Å²) in [6, 6.07) is 7.39. The van der Waals surface area contributed by atoms with Gasteiger partial charge in [0.25, 0.3) is 15.6 Å². The first-order valence-corrected chi connectivity index (χ1v) is 13.4. The number of carbonyl (C=O) groups is 1. The summed E-state index contributed by atoms with van der Waals surface area (Å²) < 4.78 is 123. The third-order valence-electron chi connectivity index (χ3n) is 6.64. The van der Waals surface area contributed by atoms with E-state index in [9.17, 15) is 49.1 Å². The minimum atomic E-state index is -6.14. The number of halogens is 7. The van der Waals surface area contributed by atoms with E-state index in [1.807, 2.05) is 0 Å². The summed E-state index contributed by atoms with van der Waals surface area (Å²) in [6.45, 7) is 0.0670. The van der Waals surface area contributed by atoms with Crippen LogP contribution in [0.1, 0.15) is 29.5 Å². The van der Waals surface area contributed by atoms with Crippen molar-refractivity contribution in [2.45, 2.75) is 54.7 Å². The van der Waals surface area contributed by atoms with Gasteiger partial charge in [-0.2, -0.15) is 26.3 Å². The van der Waals surface area contributed by atoms with Crippen LogP contribution in [0.3, 0.4) is 0 Å². The molecule has 0 spiro atoms. The van der Waals surface area contributed by atoms with Gasteiger partial charge in [-0.15, -0.1) is 0 Å². The van der Waals surface area contributed by atoms with Gasteiger partial charge in [0.05, 0.1) is 16.6 Å². The molecule has 4 rings (SSSR count). The highest BCUT2D eigenvalue weighted by Crippen LogP contribution is 2.51. The second-order valence-electron chi connectivity index (χ2n) is 9.34. The zero-order chi connectivity index (χ0) is 30.2. The molecule has 15 heteroatoms. The minimum Gasteiger partial charge on any atom is -0.369 e. The van der Waals surface area contributed by atoms with E-state index >= 15 is 0 Å². The molecule has 41 heavy (non-hydrogen) atoms. The molecular weight excluding hydrogens is 583 g/mol. The van der Waals surface area contributed by atoms with Crippen LogP contribution < -0.4 is 9.62 Å².